The van der Waals surface area contributed by atoms with Crippen molar-refractivity contribution in [1.29, 1.82) is 0 Å². The Hall–Kier alpha value is -3.24. The van der Waals surface area contributed by atoms with Gasteiger partial charge in [0.2, 0.25) is 0 Å². The first kappa shape index (κ1) is 23.4. The molecular formula is C22H24N2O6S2. The van der Waals surface area contributed by atoms with Crippen LogP contribution < -0.4 is 18.9 Å². The molecule has 0 saturated carbocycles. The van der Waals surface area contributed by atoms with E-state index in [1.165, 1.54) is 43.5 Å². The van der Waals surface area contributed by atoms with E-state index in [0.717, 1.165) is 0 Å². The second-order valence-electron chi connectivity index (χ2n) is 6.82. The number of sulfonamides is 2. The summed E-state index contributed by atoms with van der Waals surface area (Å²) in [7, 11) is -6.19. The van der Waals surface area contributed by atoms with Crippen LogP contribution in [0.2, 0.25) is 0 Å². The van der Waals surface area contributed by atoms with Crippen molar-refractivity contribution in [2.24, 2.45) is 0 Å². The SMILES string of the molecule is CCOc1ccc(NS(=O)(=O)c2ccc(NS(=O)(=O)c3ccc(OC)c(C)c3)cc2)cc1. The zero-order valence-electron chi connectivity index (χ0n) is 17.8. The Bertz CT molecular complexity index is 1290. The summed E-state index contributed by atoms with van der Waals surface area (Å²) in [6.07, 6.45) is 0. The van der Waals surface area contributed by atoms with Gasteiger partial charge in [0, 0.05) is 11.4 Å². The van der Waals surface area contributed by atoms with Gasteiger partial charge in [0.15, 0.2) is 0 Å². The second kappa shape index (κ2) is 9.49. The molecule has 32 heavy (non-hydrogen) atoms. The van der Waals surface area contributed by atoms with Crippen LogP contribution in [-0.4, -0.2) is 30.6 Å². The minimum absolute atomic E-state index is 0.00498. The molecule has 170 valence electrons. The average molecular weight is 477 g/mol. The summed E-state index contributed by atoms with van der Waals surface area (Å²) in [6.45, 7) is 4.12. The summed E-state index contributed by atoms with van der Waals surface area (Å²) in [5, 5.41) is 0. The maximum absolute atomic E-state index is 12.7. The maximum atomic E-state index is 12.7. The lowest BCUT2D eigenvalue weighted by Crippen LogP contribution is -2.14. The van der Waals surface area contributed by atoms with Crippen molar-refractivity contribution in [1.82, 2.24) is 0 Å². The molecule has 0 aromatic heterocycles. The molecule has 0 fully saturated rings. The molecule has 0 heterocycles. The highest BCUT2D eigenvalue weighted by molar-refractivity contribution is 7.93. The van der Waals surface area contributed by atoms with Crippen LogP contribution in [0.3, 0.4) is 0 Å². The Labute approximate surface area is 188 Å². The van der Waals surface area contributed by atoms with Gasteiger partial charge >= 0.3 is 0 Å². The molecule has 10 heteroatoms. The quantitative estimate of drug-likeness (QED) is 0.483. The van der Waals surface area contributed by atoms with E-state index in [2.05, 4.69) is 9.44 Å². The Morgan fingerprint density at radius 2 is 1.25 bits per heavy atom. The summed E-state index contributed by atoms with van der Waals surface area (Å²) in [5.41, 5.74) is 1.30. The third kappa shape index (κ3) is 5.51. The van der Waals surface area contributed by atoms with Crippen LogP contribution in [0.4, 0.5) is 11.4 Å². The van der Waals surface area contributed by atoms with Gasteiger partial charge in [0.1, 0.15) is 11.5 Å². The number of nitrogens with one attached hydrogen (secondary N) is 2. The zero-order chi connectivity index (χ0) is 23.4. The van der Waals surface area contributed by atoms with Gasteiger partial charge in [0.25, 0.3) is 20.0 Å². The van der Waals surface area contributed by atoms with E-state index in [1.807, 2.05) is 6.92 Å². The van der Waals surface area contributed by atoms with Gasteiger partial charge in [-0.2, -0.15) is 0 Å². The van der Waals surface area contributed by atoms with Crippen LogP contribution in [0.25, 0.3) is 0 Å². The summed E-state index contributed by atoms with van der Waals surface area (Å²) in [5.74, 6) is 1.22. The van der Waals surface area contributed by atoms with E-state index >= 15 is 0 Å². The lowest BCUT2D eigenvalue weighted by atomic mass is 10.2. The molecule has 0 unspecified atom stereocenters. The number of methoxy groups -OCH3 is 1. The van der Waals surface area contributed by atoms with Gasteiger partial charge in [-0.05, 0) is 86.1 Å². The number of hydrogen-bond donors (Lipinski definition) is 2. The third-order valence-corrected chi connectivity index (χ3v) is 7.29. The highest BCUT2D eigenvalue weighted by atomic mass is 32.2. The molecule has 0 aliphatic heterocycles. The summed E-state index contributed by atoms with van der Waals surface area (Å²) < 4.78 is 66.0. The molecule has 8 nitrogen and oxygen atoms in total. The predicted octanol–water partition coefficient (Wildman–Crippen LogP) is 4.00. The number of hydrogen-bond acceptors (Lipinski definition) is 6. The van der Waals surface area contributed by atoms with E-state index in [9.17, 15) is 16.8 Å². The average Bonchev–Trinajstić information content (AvgIpc) is 2.75. The van der Waals surface area contributed by atoms with E-state index in [1.54, 1.807) is 37.3 Å². The fourth-order valence-corrected chi connectivity index (χ4v) is 5.14. The largest absolute Gasteiger partial charge is 0.496 e. The second-order valence-corrected chi connectivity index (χ2v) is 10.2. The van der Waals surface area contributed by atoms with Crippen LogP contribution in [0.15, 0.2) is 76.5 Å². The molecule has 0 saturated heterocycles. The number of benzene rings is 3. The van der Waals surface area contributed by atoms with Crippen molar-refractivity contribution in [2.75, 3.05) is 23.2 Å². The highest BCUT2D eigenvalue weighted by Gasteiger charge is 2.18. The van der Waals surface area contributed by atoms with Gasteiger partial charge in [-0.3, -0.25) is 9.44 Å². The van der Waals surface area contributed by atoms with Crippen molar-refractivity contribution in [3.8, 4) is 11.5 Å². The zero-order valence-corrected chi connectivity index (χ0v) is 19.5. The van der Waals surface area contributed by atoms with Crippen LogP contribution in [0, 0.1) is 6.92 Å². The van der Waals surface area contributed by atoms with Gasteiger partial charge in [-0.25, -0.2) is 16.8 Å². The number of aryl methyl sites for hydroxylation is 1. The maximum Gasteiger partial charge on any atom is 0.261 e. The lowest BCUT2D eigenvalue weighted by Gasteiger charge is -2.12. The molecule has 0 radical (unpaired) electrons. The monoisotopic (exact) mass is 476 g/mol. The van der Waals surface area contributed by atoms with Crippen LogP contribution >= 0.6 is 0 Å². The number of ether oxygens (including phenoxy) is 2. The molecule has 0 aliphatic carbocycles. The number of rotatable bonds is 9. The minimum Gasteiger partial charge on any atom is -0.496 e. The molecule has 0 bridgehead atoms. The Morgan fingerprint density at radius 1 is 0.750 bits per heavy atom. The van der Waals surface area contributed by atoms with Crippen LogP contribution in [-0.2, 0) is 20.0 Å². The smallest absolute Gasteiger partial charge is 0.261 e. The van der Waals surface area contributed by atoms with Crippen molar-refractivity contribution in [2.45, 2.75) is 23.6 Å². The first-order valence-electron chi connectivity index (χ1n) is 9.68. The third-order valence-electron chi connectivity index (χ3n) is 4.51. The highest BCUT2D eigenvalue weighted by Crippen LogP contribution is 2.24. The summed E-state index contributed by atoms with van der Waals surface area (Å²) >= 11 is 0. The van der Waals surface area contributed by atoms with Gasteiger partial charge < -0.3 is 9.47 Å². The molecule has 0 amide bonds. The van der Waals surface area contributed by atoms with Crippen LogP contribution in [0.1, 0.15) is 12.5 Å². The molecule has 0 aliphatic rings. The van der Waals surface area contributed by atoms with Crippen molar-refractivity contribution < 1.29 is 26.3 Å². The Kier molecular flexibility index (Phi) is 6.95. The first-order valence-corrected chi connectivity index (χ1v) is 12.6. The molecule has 0 atom stereocenters. The van der Waals surface area contributed by atoms with Gasteiger partial charge in [-0.15, -0.1) is 0 Å². The standard InChI is InChI=1S/C22H24N2O6S2/c1-4-30-19-9-5-17(6-10-19)23-31(25,26)20-11-7-18(8-12-20)24-32(27,28)21-13-14-22(29-3)16(2)15-21/h5-15,23-24H,4H2,1-3H3. The predicted molar refractivity (Wildman–Crippen MR) is 123 cm³/mol. The first-order chi connectivity index (χ1) is 15.1. The van der Waals surface area contributed by atoms with E-state index in [0.29, 0.717) is 29.4 Å². The molecule has 3 aromatic rings. The number of anilines is 2. The van der Waals surface area contributed by atoms with E-state index in [-0.39, 0.29) is 15.5 Å². The van der Waals surface area contributed by atoms with Crippen LogP contribution in [0.5, 0.6) is 11.5 Å². The van der Waals surface area contributed by atoms with E-state index < -0.39 is 20.0 Å². The summed E-state index contributed by atoms with van der Waals surface area (Å²) in [6, 6.07) is 16.5. The Morgan fingerprint density at radius 3 is 1.75 bits per heavy atom. The fraction of sp³-hybridized carbons (Fsp3) is 0.182. The molecular weight excluding hydrogens is 452 g/mol. The fourth-order valence-electron chi connectivity index (χ4n) is 2.93. The normalized spacial score (nSPS) is 11.6. The Balaban J connectivity index is 1.74. The van der Waals surface area contributed by atoms with Crippen molar-refractivity contribution in [3.63, 3.8) is 0 Å². The van der Waals surface area contributed by atoms with E-state index in [4.69, 9.17) is 9.47 Å². The lowest BCUT2D eigenvalue weighted by molar-refractivity contribution is 0.340. The van der Waals surface area contributed by atoms with Gasteiger partial charge in [-0.1, -0.05) is 0 Å². The van der Waals surface area contributed by atoms with Crippen molar-refractivity contribution in [3.05, 3.63) is 72.3 Å². The minimum atomic E-state index is -3.85. The van der Waals surface area contributed by atoms with Crippen molar-refractivity contribution >= 4 is 31.4 Å². The molecule has 0 spiro atoms. The molecule has 3 aromatic carbocycles. The molecule has 3 rings (SSSR count). The summed E-state index contributed by atoms with van der Waals surface area (Å²) in [4.78, 5) is 0.0688. The molecule has 2 N–H and O–H groups in total. The van der Waals surface area contributed by atoms with Gasteiger partial charge in [0.05, 0.1) is 23.5 Å². The topological polar surface area (TPSA) is 111 Å².